The van der Waals surface area contributed by atoms with E-state index in [-0.39, 0.29) is 11.5 Å². The molecule has 0 bridgehead atoms. The predicted molar refractivity (Wildman–Crippen MR) is 69.7 cm³/mol. The van der Waals surface area contributed by atoms with E-state index in [9.17, 15) is 9.59 Å². The molecule has 3 rings (SSSR count). The molecule has 0 aliphatic carbocycles. The molecule has 0 radical (unpaired) electrons. The number of hydrogen-bond acceptors (Lipinski definition) is 2. The fourth-order valence-electron chi connectivity index (χ4n) is 2.47. The van der Waals surface area contributed by atoms with Gasteiger partial charge in [-0.2, -0.15) is 0 Å². The molecule has 0 spiro atoms. The number of pyridine rings is 1. The molecule has 1 saturated heterocycles. The summed E-state index contributed by atoms with van der Waals surface area (Å²) < 4.78 is 0. The van der Waals surface area contributed by atoms with Crippen molar-refractivity contribution in [3.63, 3.8) is 0 Å². The van der Waals surface area contributed by atoms with Gasteiger partial charge in [-0.1, -0.05) is 18.2 Å². The Kier molecular flexibility index (Phi) is 2.63. The molecule has 1 aliphatic rings. The number of nitrogens with one attached hydrogen (secondary N) is 1. The molecule has 4 nitrogen and oxygen atoms in total. The predicted octanol–water partition coefficient (Wildman–Crippen LogP) is 1.76. The molecule has 0 unspecified atom stereocenters. The third-order valence-corrected chi connectivity index (χ3v) is 3.37. The first-order valence-corrected chi connectivity index (χ1v) is 6.17. The number of carbonyl (C=O) groups excluding carboxylic acids is 1. The second kappa shape index (κ2) is 4.29. The van der Waals surface area contributed by atoms with Gasteiger partial charge in [0.15, 0.2) is 0 Å². The standard InChI is InChI=1S/C14H14N2O2/c17-13-9-11(14(18)16-7-3-4-8-16)10-5-1-2-6-12(10)15-13/h1-2,5-6,9H,3-4,7-8H2,(H,15,17). The number of nitrogens with zero attached hydrogens (tertiary/aromatic N) is 1. The van der Waals surface area contributed by atoms with Gasteiger partial charge in [0.25, 0.3) is 5.91 Å². The number of benzene rings is 1. The zero-order valence-corrected chi connectivity index (χ0v) is 9.98. The highest BCUT2D eigenvalue weighted by molar-refractivity contribution is 6.06. The van der Waals surface area contributed by atoms with Crippen LogP contribution in [-0.4, -0.2) is 28.9 Å². The van der Waals surface area contributed by atoms with Crippen LogP contribution in [0.5, 0.6) is 0 Å². The van der Waals surface area contributed by atoms with Gasteiger partial charge < -0.3 is 9.88 Å². The zero-order chi connectivity index (χ0) is 12.5. The lowest BCUT2D eigenvalue weighted by Gasteiger charge is -2.16. The summed E-state index contributed by atoms with van der Waals surface area (Å²) in [6, 6.07) is 8.82. The first-order valence-electron chi connectivity index (χ1n) is 6.17. The molecule has 92 valence electrons. The number of fused-ring (bicyclic) bond motifs is 1. The summed E-state index contributed by atoms with van der Waals surface area (Å²) in [5, 5.41) is 0.814. The summed E-state index contributed by atoms with van der Waals surface area (Å²) in [5.74, 6) is -0.0326. The van der Waals surface area contributed by atoms with Gasteiger partial charge in [-0.25, -0.2) is 0 Å². The van der Waals surface area contributed by atoms with E-state index in [1.807, 2.05) is 29.2 Å². The molecule has 1 amide bonds. The molecular formula is C14H14N2O2. The number of aromatic amines is 1. The Hall–Kier alpha value is -2.10. The summed E-state index contributed by atoms with van der Waals surface area (Å²) in [6.07, 6.45) is 2.10. The number of carbonyl (C=O) groups is 1. The lowest BCUT2D eigenvalue weighted by molar-refractivity contribution is 0.0794. The lowest BCUT2D eigenvalue weighted by Crippen LogP contribution is -2.28. The van der Waals surface area contributed by atoms with Crippen molar-refractivity contribution in [2.45, 2.75) is 12.8 Å². The fourth-order valence-corrected chi connectivity index (χ4v) is 2.47. The van der Waals surface area contributed by atoms with E-state index in [0.29, 0.717) is 11.1 Å². The van der Waals surface area contributed by atoms with Gasteiger partial charge in [-0.15, -0.1) is 0 Å². The third-order valence-electron chi connectivity index (χ3n) is 3.37. The van der Waals surface area contributed by atoms with Crippen LogP contribution >= 0.6 is 0 Å². The van der Waals surface area contributed by atoms with Crippen LogP contribution < -0.4 is 5.56 Å². The van der Waals surface area contributed by atoms with Crippen LogP contribution in [0, 0.1) is 0 Å². The summed E-state index contributed by atoms with van der Waals surface area (Å²) in [7, 11) is 0. The minimum atomic E-state index is -0.226. The van der Waals surface area contributed by atoms with Crippen molar-refractivity contribution in [2.75, 3.05) is 13.1 Å². The number of aromatic nitrogens is 1. The Morgan fingerprint density at radius 2 is 1.89 bits per heavy atom. The highest BCUT2D eigenvalue weighted by Gasteiger charge is 2.21. The van der Waals surface area contributed by atoms with Crippen molar-refractivity contribution in [1.82, 2.24) is 9.88 Å². The molecule has 1 aromatic carbocycles. The quantitative estimate of drug-likeness (QED) is 0.828. The van der Waals surface area contributed by atoms with Gasteiger partial charge in [-0.3, -0.25) is 9.59 Å². The van der Waals surface area contributed by atoms with E-state index in [1.165, 1.54) is 6.07 Å². The van der Waals surface area contributed by atoms with Crippen LogP contribution in [0.25, 0.3) is 10.9 Å². The maximum absolute atomic E-state index is 12.4. The molecule has 4 heteroatoms. The van der Waals surface area contributed by atoms with Crippen LogP contribution in [0.2, 0.25) is 0 Å². The number of rotatable bonds is 1. The Morgan fingerprint density at radius 3 is 2.67 bits per heavy atom. The molecule has 1 aromatic heterocycles. The van der Waals surface area contributed by atoms with Crippen LogP contribution in [-0.2, 0) is 0 Å². The Labute approximate surface area is 104 Å². The van der Waals surface area contributed by atoms with E-state index < -0.39 is 0 Å². The lowest BCUT2D eigenvalue weighted by atomic mass is 10.1. The van der Waals surface area contributed by atoms with E-state index in [4.69, 9.17) is 0 Å². The number of para-hydroxylation sites is 1. The normalized spacial score (nSPS) is 15.2. The SMILES string of the molecule is O=C(c1cc(=O)[nH]c2ccccc12)N1CCCC1. The van der Waals surface area contributed by atoms with Crippen molar-refractivity contribution in [1.29, 1.82) is 0 Å². The van der Waals surface area contributed by atoms with Gasteiger partial charge in [0.1, 0.15) is 0 Å². The zero-order valence-electron chi connectivity index (χ0n) is 9.98. The van der Waals surface area contributed by atoms with Crippen molar-refractivity contribution in [2.24, 2.45) is 0 Å². The van der Waals surface area contributed by atoms with Gasteiger partial charge in [0.2, 0.25) is 5.56 Å². The molecule has 1 fully saturated rings. The molecule has 1 N–H and O–H groups in total. The van der Waals surface area contributed by atoms with Gasteiger partial charge in [0.05, 0.1) is 5.56 Å². The van der Waals surface area contributed by atoms with E-state index in [1.54, 1.807) is 0 Å². The van der Waals surface area contributed by atoms with Gasteiger partial charge in [0, 0.05) is 30.1 Å². The van der Waals surface area contributed by atoms with E-state index in [0.717, 1.165) is 31.3 Å². The number of hydrogen-bond donors (Lipinski definition) is 1. The van der Waals surface area contributed by atoms with Crippen LogP contribution in [0.15, 0.2) is 35.1 Å². The highest BCUT2D eigenvalue weighted by Crippen LogP contribution is 2.18. The summed E-state index contributed by atoms with van der Waals surface area (Å²) in [6.45, 7) is 1.58. The fraction of sp³-hybridized carbons (Fsp3) is 0.286. The minimum absolute atomic E-state index is 0.0326. The molecule has 18 heavy (non-hydrogen) atoms. The summed E-state index contributed by atoms with van der Waals surface area (Å²) in [4.78, 5) is 28.6. The second-order valence-electron chi connectivity index (χ2n) is 4.59. The number of amides is 1. The van der Waals surface area contributed by atoms with Crippen molar-refractivity contribution < 1.29 is 4.79 Å². The van der Waals surface area contributed by atoms with Crippen molar-refractivity contribution in [3.8, 4) is 0 Å². The van der Waals surface area contributed by atoms with Crippen LogP contribution in [0.1, 0.15) is 23.2 Å². The largest absolute Gasteiger partial charge is 0.339 e. The summed E-state index contributed by atoms with van der Waals surface area (Å²) >= 11 is 0. The Balaban J connectivity index is 2.15. The Morgan fingerprint density at radius 1 is 1.17 bits per heavy atom. The second-order valence-corrected chi connectivity index (χ2v) is 4.59. The topological polar surface area (TPSA) is 53.2 Å². The first kappa shape index (κ1) is 11.0. The molecular weight excluding hydrogens is 228 g/mol. The van der Waals surface area contributed by atoms with E-state index >= 15 is 0 Å². The monoisotopic (exact) mass is 242 g/mol. The maximum Gasteiger partial charge on any atom is 0.254 e. The maximum atomic E-state index is 12.4. The van der Waals surface area contributed by atoms with Crippen LogP contribution in [0.3, 0.4) is 0 Å². The highest BCUT2D eigenvalue weighted by atomic mass is 16.2. The van der Waals surface area contributed by atoms with Crippen molar-refractivity contribution >= 4 is 16.8 Å². The third kappa shape index (κ3) is 1.79. The summed E-state index contributed by atoms with van der Waals surface area (Å²) in [5.41, 5.74) is 1.00. The average molecular weight is 242 g/mol. The molecule has 2 aromatic rings. The first-order chi connectivity index (χ1) is 8.75. The number of likely N-dealkylation sites (tertiary alicyclic amines) is 1. The average Bonchev–Trinajstić information content (AvgIpc) is 2.90. The Bertz CT molecular complexity index is 654. The van der Waals surface area contributed by atoms with Gasteiger partial charge in [-0.05, 0) is 18.9 Å². The smallest absolute Gasteiger partial charge is 0.254 e. The van der Waals surface area contributed by atoms with Crippen LogP contribution in [0.4, 0.5) is 0 Å². The minimum Gasteiger partial charge on any atom is -0.339 e. The number of H-pyrrole nitrogens is 1. The van der Waals surface area contributed by atoms with Gasteiger partial charge >= 0.3 is 0 Å². The van der Waals surface area contributed by atoms with Crippen molar-refractivity contribution in [3.05, 3.63) is 46.2 Å². The molecule has 0 saturated carbocycles. The molecule has 0 atom stereocenters. The van der Waals surface area contributed by atoms with E-state index in [2.05, 4.69) is 4.98 Å². The molecule has 1 aliphatic heterocycles. The molecule has 2 heterocycles.